The first kappa shape index (κ1) is 60.7. The minimum absolute atomic E-state index is 0.0300. The van der Waals surface area contributed by atoms with Gasteiger partial charge in [0.25, 0.3) is 6.33 Å². The van der Waals surface area contributed by atoms with Gasteiger partial charge in [-0.25, -0.2) is 4.98 Å². The molecule has 3 heterocycles. The molecule has 87 heavy (non-hydrogen) atoms. The van der Waals surface area contributed by atoms with E-state index >= 15 is 0 Å². The maximum Gasteiger partial charge on any atom is 0.269 e. The van der Waals surface area contributed by atoms with E-state index in [-0.39, 0.29) is 37.9 Å². The summed E-state index contributed by atoms with van der Waals surface area (Å²) in [7, 11) is 0. The molecule has 0 unspecified atom stereocenters. The third kappa shape index (κ3) is 12.1. The molecule has 5 nitrogen and oxygen atoms in total. The Bertz CT molecular complexity index is 4270. The highest BCUT2D eigenvalue weighted by molar-refractivity contribution is 6.09. The quantitative estimate of drug-likeness (QED) is 0.112. The Kier molecular flexibility index (Phi) is 14.9. The van der Waals surface area contributed by atoms with Crippen LogP contribution in [0.15, 0.2) is 176 Å². The van der Waals surface area contributed by atoms with Crippen molar-refractivity contribution in [3.63, 3.8) is 0 Å². The van der Waals surface area contributed by atoms with Crippen LogP contribution in [0.5, 0.6) is 11.5 Å². The van der Waals surface area contributed by atoms with Gasteiger partial charge in [-0.3, -0.25) is 13.7 Å². The molecule has 3 aromatic heterocycles. The lowest BCUT2D eigenvalue weighted by Gasteiger charge is -2.30. The number of pyridine rings is 1. The van der Waals surface area contributed by atoms with Gasteiger partial charge < -0.3 is 4.74 Å². The molecular formula is C82H92N4O. The molecule has 11 aromatic rings. The van der Waals surface area contributed by atoms with Crippen molar-refractivity contribution in [2.45, 2.75) is 183 Å². The third-order valence-corrected chi connectivity index (χ3v) is 17.7. The lowest BCUT2D eigenvalue weighted by molar-refractivity contribution is -0.571. The number of para-hydroxylation sites is 1. The predicted molar refractivity (Wildman–Crippen MR) is 370 cm³/mol. The number of hydrogen-bond acceptors (Lipinski definition) is 2. The molecule has 0 bridgehead atoms. The summed E-state index contributed by atoms with van der Waals surface area (Å²) in [5.41, 5.74) is 21.7. The van der Waals surface area contributed by atoms with Crippen LogP contribution in [0.1, 0.15) is 184 Å². The van der Waals surface area contributed by atoms with Gasteiger partial charge in [-0.1, -0.05) is 255 Å². The highest BCUT2D eigenvalue weighted by atomic mass is 16.5. The molecule has 0 spiro atoms. The second-order valence-corrected chi connectivity index (χ2v) is 31.9. The van der Waals surface area contributed by atoms with Crippen molar-refractivity contribution >= 4 is 32.8 Å². The highest BCUT2D eigenvalue weighted by Gasteiger charge is 2.30. The number of nitrogens with zero attached hydrogens (tertiary/aromatic N) is 4. The molecule has 0 aliphatic heterocycles. The van der Waals surface area contributed by atoms with Crippen LogP contribution in [0.4, 0.5) is 0 Å². The van der Waals surface area contributed by atoms with Crippen LogP contribution in [0, 0.1) is 6.33 Å². The molecule has 0 atom stereocenters. The Balaban J connectivity index is 1.19. The summed E-state index contributed by atoms with van der Waals surface area (Å²) >= 11 is 0. The first-order valence-electron chi connectivity index (χ1n) is 31.4. The van der Waals surface area contributed by atoms with Crippen LogP contribution in [0.25, 0.3) is 83.4 Å². The molecule has 5 heteroatoms. The summed E-state index contributed by atoms with van der Waals surface area (Å²) in [6, 6.07) is 63.7. The summed E-state index contributed by atoms with van der Waals surface area (Å²) in [4.78, 5) is 4.97. The number of benzene rings is 8. The predicted octanol–water partition coefficient (Wildman–Crippen LogP) is 22.1. The number of imidazole rings is 1. The minimum atomic E-state index is -0.180. The second-order valence-electron chi connectivity index (χ2n) is 31.9. The van der Waals surface area contributed by atoms with Gasteiger partial charge in [0.05, 0.1) is 33.4 Å². The van der Waals surface area contributed by atoms with Gasteiger partial charge in [-0.15, -0.1) is 0 Å². The summed E-state index contributed by atoms with van der Waals surface area (Å²) in [6.07, 6.45) is 6.06. The highest BCUT2D eigenvalue weighted by Crippen LogP contribution is 2.45. The molecule has 0 saturated heterocycles. The molecule has 0 aliphatic rings. The molecule has 0 aliphatic carbocycles. The van der Waals surface area contributed by atoms with Gasteiger partial charge in [-0.2, -0.15) is 0 Å². The maximum absolute atomic E-state index is 7.03. The van der Waals surface area contributed by atoms with E-state index in [4.69, 9.17) is 9.72 Å². The van der Waals surface area contributed by atoms with E-state index < -0.39 is 0 Å². The van der Waals surface area contributed by atoms with Crippen molar-refractivity contribution in [2.75, 3.05) is 0 Å². The van der Waals surface area contributed by atoms with Gasteiger partial charge >= 0.3 is 0 Å². The molecular weight excluding hydrogens is 1060 g/mol. The van der Waals surface area contributed by atoms with Crippen LogP contribution < -0.4 is 9.30 Å². The van der Waals surface area contributed by atoms with E-state index in [2.05, 4.69) is 335 Å². The Labute approximate surface area is 520 Å². The third-order valence-electron chi connectivity index (χ3n) is 17.7. The first-order valence-corrected chi connectivity index (χ1v) is 31.4. The molecule has 0 saturated carbocycles. The summed E-state index contributed by atoms with van der Waals surface area (Å²) in [5.74, 6) is 2.34. The van der Waals surface area contributed by atoms with Crippen molar-refractivity contribution in [2.24, 2.45) is 0 Å². The molecule has 0 fully saturated rings. The second kappa shape index (κ2) is 21.4. The molecule has 446 valence electrons. The standard InChI is InChI=1S/C82H92N4O/c1-76(2,3)56-32-29-52(30-33-56)53-31-36-71-73(43-53)84(63-25-24-26-64(49-63)87-65-34-35-67-66-27-22-23-28-70(66)86(72(67)50-65)74-48-57(37-38-83-74)77(4,5)6)51-85(71)75-68(54-39-58(78(7,8)9)44-59(40-54)79(10,11)12)46-62(82(19,20)21)47-69(75)55-41-60(80(13,14)15)45-61(42-55)81(16,17)18/h22-50H,1-21H3. The lowest BCUT2D eigenvalue weighted by atomic mass is 9.76. The van der Waals surface area contributed by atoms with E-state index in [9.17, 15) is 0 Å². The number of rotatable bonds is 8. The fourth-order valence-electron chi connectivity index (χ4n) is 11.9. The summed E-state index contributed by atoms with van der Waals surface area (Å²) in [5, 5.41) is 2.31. The number of fused-ring (bicyclic) bond motifs is 4. The Morgan fingerprint density at radius 2 is 0.851 bits per heavy atom. The SMILES string of the molecule is CC(C)(C)c1ccc(-c2ccc3c(c2)n(-c2cccc(Oc4ccc5c6ccccc6n(-c6cc(C(C)(C)C)ccn6)c5c4)c2)[c-][n+]3-c2c(-c3cc(C(C)(C)C)cc(C(C)(C)C)c3)cc(C(C)(C)C)cc2-c2cc(C(C)(C)C)cc(C(C)(C)C)c2)cc1. The van der Waals surface area contributed by atoms with Crippen molar-refractivity contribution in [1.82, 2.24) is 14.1 Å². The maximum atomic E-state index is 7.03. The normalized spacial score (nSPS) is 13.1. The Hall–Kier alpha value is -8.02. The average molecular weight is 1150 g/mol. The van der Waals surface area contributed by atoms with Gasteiger partial charge in [0.2, 0.25) is 0 Å². The van der Waals surface area contributed by atoms with Crippen LogP contribution in [-0.2, 0) is 37.9 Å². The van der Waals surface area contributed by atoms with Gasteiger partial charge in [0, 0.05) is 23.0 Å². The molecule has 0 radical (unpaired) electrons. The Morgan fingerprint density at radius 1 is 0.356 bits per heavy atom. The van der Waals surface area contributed by atoms with Gasteiger partial charge in [0.1, 0.15) is 17.3 Å². The fraction of sp³-hybridized carbons (Fsp3) is 0.341. The minimum Gasteiger partial charge on any atom is -0.458 e. The monoisotopic (exact) mass is 1150 g/mol. The zero-order valence-electron chi connectivity index (χ0n) is 55.9. The van der Waals surface area contributed by atoms with Crippen LogP contribution in [0.2, 0.25) is 0 Å². The topological polar surface area (TPSA) is 35.9 Å². The molecule has 0 N–H and O–H groups in total. The number of hydrogen-bond donors (Lipinski definition) is 0. The van der Waals surface area contributed by atoms with E-state index in [1.165, 1.54) is 66.6 Å². The largest absolute Gasteiger partial charge is 0.458 e. The summed E-state index contributed by atoms with van der Waals surface area (Å²) in [6.45, 7) is 48.7. The van der Waals surface area contributed by atoms with E-state index in [0.29, 0.717) is 0 Å². The molecule has 0 amide bonds. The van der Waals surface area contributed by atoms with Crippen molar-refractivity contribution < 1.29 is 9.30 Å². The number of ether oxygens (including phenoxy) is 1. The van der Waals surface area contributed by atoms with Gasteiger partial charge in [-0.05, 0) is 165 Å². The summed E-state index contributed by atoms with van der Waals surface area (Å²) < 4.78 is 13.9. The zero-order valence-corrected chi connectivity index (χ0v) is 55.9. The smallest absolute Gasteiger partial charge is 0.269 e. The average Bonchev–Trinajstić information content (AvgIpc) is 1.75. The first-order chi connectivity index (χ1) is 40.5. The van der Waals surface area contributed by atoms with Crippen molar-refractivity contribution in [3.05, 3.63) is 221 Å². The lowest BCUT2D eigenvalue weighted by Crippen LogP contribution is -2.32. The molecule has 8 aromatic carbocycles. The van der Waals surface area contributed by atoms with E-state index in [1.807, 2.05) is 6.20 Å². The van der Waals surface area contributed by atoms with Crippen LogP contribution >= 0.6 is 0 Å². The van der Waals surface area contributed by atoms with Gasteiger partial charge in [0.15, 0.2) is 0 Å². The van der Waals surface area contributed by atoms with E-state index in [0.717, 1.165) is 67.3 Å². The van der Waals surface area contributed by atoms with Crippen molar-refractivity contribution in [1.29, 1.82) is 0 Å². The molecule has 11 rings (SSSR count). The van der Waals surface area contributed by atoms with Crippen molar-refractivity contribution in [3.8, 4) is 62.1 Å². The fourth-order valence-corrected chi connectivity index (χ4v) is 11.9. The van der Waals surface area contributed by atoms with Crippen LogP contribution in [0.3, 0.4) is 0 Å². The van der Waals surface area contributed by atoms with E-state index in [1.54, 1.807) is 0 Å². The zero-order chi connectivity index (χ0) is 62.7. The Morgan fingerprint density at radius 3 is 1.39 bits per heavy atom. The number of aromatic nitrogens is 4. The van der Waals surface area contributed by atoms with Crippen LogP contribution in [-0.4, -0.2) is 14.1 Å².